The van der Waals surface area contributed by atoms with Gasteiger partial charge >= 0.3 is 6.09 Å². The predicted molar refractivity (Wildman–Crippen MR) is 123 cm³/mol. The number of nitrogens with zero attached hydrogens (tertiary/aromatic N) is 4. The standard InChI is InChI=1S/C22H32N6O3S/c1-15(32-20-24-26-27-25-20)16-9-13-28(14-10-16)21(30)31-18-7-5-17(6-8-18)19(29)23-12-11-22(2,3)4/h5-8,15-16H,9-14H2,1-4H3,(H,23,29)(H,24,25,26,27). The Labute approximate surface area is 193 Å². The SMILES string of the molecule is CC(Sc1nn[nH]n1)C1CCN(C(=O)Oc2ccc(C(=O)NCCC(C)(C)C)cc2)CC1. The molecule has 10 heteroatoms. The number of carbonyl (C=O) groups excluding carboxylic acids is 2. The first-order valence-corrected chi connectivity index (χ1v) is 11.8. The second-order valence-electron chi connectivity index (χ2n) is 9.30. The molecule has 0 aliphatic carbocycles. The van der Waals surface area contributed by atoms with Crippen LogP contribution in [-0.4, -0.2) is 62.4 Å². The van der Waals surface area contributed by atoms with E-state index in [2.05, 4.69) is 53.6 Å². The molecule has 0 spiro atoms. The van der Waals surface area contributed by atoms with Crippen molar-refractivity contribution < 1.29 is 14.3 Å². The molecular weight excluding hydrogens is 428 g/mol. The van der Waals surface area contributed by atoms with Gasteiger partial charge in [-0.3, -0.25) is 4.79 Å². The minimum Gasteiger partial charge on any atom is -0.410 e. The molecule has 0 radical (unpaired) electrons. The van der Waals surface area contributed by atoms with Crippen molar-refractivity contribution in [3.63, 3.8) is 0 Å². The maximum absolute atomic E-state index is 12.5. The molecule has 1 aliphatic heterocycles. The molecule has 32 heavy (non-hydrogen) atoms. The van der Waals surface area contributed by atoms with Crippen LogP contribution >= 0.6 is 11.8 Å². The van der Waals surface area contributed by atoms with Crippen LogP contribution in [0.3, 0.4) is 0 Å². The van der Waals surface area contributed by atoms with Crippen LogP contribution in [0.1, 0.15) is 57.3 Å². The zero-order chi connectivity index (χ0) is 23.1. The lowest BCUT2D eigenvalue weighted by molar-refractivity contribution is 0.0949. The highest BCUT2D eigenvalue weighted by molar-refractivity contribution is 7.99. The number of ether oxygens (including phenoxy) is 1. The van der Waals surface area contributed by atoms with Crippen molar-refractivity contribution in [3.8, 4) is 5.75 Å². The van der Waals surface area contributed by atoms with Gasteiger partial charge in [0.1, 0.15) is 5.75 Å². The number of tetrazole rings is 1. The summed E-state index contributed by atoms with van der Waals surface area (Å²) in [4.78, 5) is 26.5. The van der Waals surface area contributed by atoms with E-state index in [1.54, 1.807) is 40.9 Å². The lowest BCUT2D eigenvalue weighted by atomic mass is 9.92. The minimum absolute atomic E-state index is 0.123. The molecule has 2 aromatic rings. The smallest absolute Gasteiger partial charge is 0.410 e. The van der Waals surface area contributed by atoms with Crippen molar-refractivity contribution in [1.29, 1.82) is 0 Å². The summed E-state index contributed by atoms with van der Waals surface area (Å²) in [5.41, 5.74) is 0.720. The summed E-state index contributed by atoms with van der Waals surface area (Å²) in [5, 5.41) is 17.9. The van der Waals surface area contributed by atoms with Gasteiger partial charge in [0.2, 0.25) is 5.16 Å². The number of carbonyl (C=O) groups is 2. The van der Waals surface area contributed by atoms with Crippen molar-refractivity contribution in [1.82, 2.24) is 30.8 Å². The van der Waals surface area contributed by atoms with Gasteiger partial charge in [-0.25, -0.2) is 4.79 Å². The number of H-pyrrole nitrogens is 1. The van der Waals surface area contributed by atoms with Crippen molar-refractivity contribution in [2.75, 3.05) is 19.6 Å². The van der Waals surface area contributed by atoms with E-state index in [1.165, 1.54) is 0 Å². The van der Waals surface area contributed by atoms with E-state index < -0.39 is 0 Å². The third-order valence-corrected chi connectivity index (χ3v) is 6.70. The van der Waals surface area contributed by atoms with Gasteiger partial charge in [-0.15, -0.1) is 10.2 Å². The van der Waals surface area contributed by atoms with E-state index in [9.17, 15) is 9.59 Å². The summed E-state index contributed by atoms with van der Waals surface area (Å²) in [6.07, 6.45) is 2.34. The van der Waals surface area contributed by atoms with Gasteiger partial charge < -0.3 is 15.0 Å². The Morgan fingerprint density at radius 3 is 2.53 bits per heavy atom. The highest BCUT2D eigenvalue weighted by Crippen LogP contribution is 2.31. The number of hydrogen-bond donors (Lipinski definition) is 2. The number of aromatic nitrogens is 4. The number of likely N-dealkylation sites (tertiary alicyclic amines) is 1. The molecule has 0 saturated carbocycles. The molecule has 1 fully saturated rings. The summed E-state index contributed by atoms with van der Waals surface area (Å²) >= 11 is 1.60. The molecule has 1 atom stereocenters. The van der Waals surface area contributed by atoms with Crippen LogP contribution in [0.5, 0.6) is 5.75 Å². The second kappa shape index (κ2) is 10.8. The maximum Gasteiger partial charge on any atom is 0.415 e. The molecule has 2 N–H and O–H groups in total. The Balaban J connectivity index is 1.42. The normalized spacial score (nSPS) is 15.9. The fourth-order valence-electron chi connectivity index (χ4n) is 3.51. The molecule has 1 aromatic heterocycles. The van der Waals surface area contributed by atoms with Crippen LogP contribution in [-0.2, 0) is 0 Å². The van der Waals surface area contributed by atoms with Crippen LogP contribution in [0.25, 0.3) is 0 Å². The Kier molecular flexibility index (Phi) is 8.11. The van der Waals surface area contributed by atoms with Gasteiger partial charge in [0.25, 0.3) is 5.91 Å². The molecule has 174 valence electrons. The van der Waals surface area contributed by atoms with E-state index >= 15 is 0 Å². The first-order chi connectivity index (χ1) is 15.2. The molecule has 1 unspecified atom stereocenters. The van der Waals surface area contributed by atoms with Gasteiger partial charge in [0.15, 0.2) is 0 Å². The summed E-state index contributed by atoms with van der Waals surface area (Å²) < 4.78 is 5.51. The first kappa shape index (κ1) is 24.0. The van der Waals surface area contributed by atoms with Crippen LogP contribution < -0.4 is 10.1 Å². The number of benzene rings is 1. The first-order valence-electron chi connectivity index (χ1n) is 11.0. The fraction of sp³-hybridized carbons (Fsp3) is 0.591. The molecule has 2 heterocycles. The van der Waals surface area contributed by atoms with Crippen LogP contribution in [0.4, 0.5) is 4.79 Å². The van der Waals surface area contributed by atoms with Crippen molar-refractivity contribution in [2.24, 2.45) is 11.3 Å². The number of piperidine rings is 1. The molecule has 2 amide bonds. The number of thioether (sulfide) groups is 1. The van der Waals surface area contributed by atoms with Gasteiger partial charge in [0.05, 0.1) is 0 Å². The van der Waals surface area contributed by atoms with E-state index in [0.29, 0.717) is 47.3 Å². The van der Waals surface area contributed by atoms with Gasteiger partial charge in [-0.1, -0.05) is 39.5 Å². The minimum atomic E-state index is -0.357. The highest BCUT2D eigenvalue weighted by atomic mass is 32.2. The van der Waals surface area contributed by atoms with Gasteiger partial charge in [-0.05, 0) is 60.1 Å². The Hall–Kier alpha value is -2.62. The molecular formula is C22H32N6O3S. The van der Waals surface area contributed by atoms with Gasteiger partial charge in [0, 0.05) is 30.4 Å². The predicted octanol–water partition coefficient (Wildman–Crippen LogP) is 3.76. The highest BCUT2D eigenvalue weighted by Gasteiger charge is 2.28. The molecule has 3 rings (SSSR count). The van der Waals surface area contributed by atoms with Crippen molar-refractivity contribution >= 4 is 23.8 Å². The zero-order valence-electron chi connectivity index (χ0n) is 19.1. The summed E-state index contributed by atoms with van der Waals surface area (Å²) in [5.74, 6) is 0.782. The monoisotopic (exact) mass is 460 g/mol. The summed E-state index contributed by atoms with van der Waals surface area (Å²) in [7, 11) is 0. The average Bonchev–Trinajstić information content (AvgIpc) is 3.26. The largest absolute Gasteiger partial charge is 0.415 e. The lowest BCUT2D eigenvalue weighted by Crippen LogP contribution is -2.41. The van der Waals surface area contributed by atoms with E-state index in [0.717, 1.165) is 19.3 Å². The molecule has 9 nitrogen and oxygen atoms in total. The van der Waals surface area contributed by atoms with Crippen LogP contribution in [0.15, 0.2) is 29.4 Å². The van der Waals surface area contributed by atoms with Crippen LogP contribution in [0, 0.1) is 11.3 Å². The van der Waals surface area contributed by atoms with E-state index in [4.69, 9.17) is 4.74 Å². The third kappa shape index (κ3) is 7.22. The maximum atomic E-state index is 12.5. The molecule has 1 saturated heterocycles. The number of rotatable bonds is 7. The summed E-state index contributed by atoms with van der Waals surface area (Å²) in [6.45, 7) is 10.5. The number of aromatic amines is 1. The van der Waals surface area contributed by atoms with Crippen LogP contribution in [0.2, 0.25) is 0 Å². The summed E-state index contributed by atoms with van der Waals surface area (Å²) in [6, 6.07) is 6.68. The Morgan fingerprint density at radius 2 is 1.94 bits per heavy atom. The molecule has 0 bridgehead atoms. The van der Waals surface area contributed by atoms with Crippen molar-refractivity contribution in [2.45, 2.75) is 57.4 Å². The fourth-order valence-corrected chi connectivity index (χ4v) is 4.49. The number of hydrogen-bond acceptors (Lipinski definition) is 7. The number of nitrogens with one attached hydrogen (secondary N) is 2. The molecule has 1 aromatic carbocycles. The zero-order valence-corrected chi connectivity index (χ0v) is 19.9. The van der Waals surface area contributed by atoms with Gasteiger partial charge in [-0.2, -0.15) is 5.21 Å². The Morgan fingerprint density at radius 1 is 1.25 bits per heavy atom. The number of amides is 2. The average molecular weight is 461 g/mol. The molecule has 1 aliphatic rings. The lowest BCUT2D eigenvalue weighted by Gasteiger charge is -2.33. The topological polar surface area (TPSA) is 113 Å². The third-order valence-electron chi connectivity index (χ3n) is 5.56. The Bertz CT molecular complexity index is 874. The van der Waals surface area contributed by atoms with E-state index in [-0.39, 0.29) is 17.4 Å². The van der Waals surface area contributed by atoms with E-state index in [1.807, 2.05) is 0 Å². The van der Waals surface area contributed by atoms with Crippen molar-refractivity contribution in [3.05, 3.63) is 29.8 Å². The quantitative estimate of drug-likeness (QED) is 0.605. The second-order valence-corrected chi connectivity index (χ2v) is 10.6.